The Bertz CT molecular complexity index is 1050. The van der Waals surface area contributed by atoms with Crippen molar-refractivity contribution in [1.82, 2.24) is 10.2 Å². The molecule has 0 spiro atoms. The van der Waals surface area contributed by atoms with Gasteiger partial charge in [0.25, 0.3) is 0 Å². The van der Waals surface area contributed by atoms with Crippen LogP contribution in [0.1, 0.15) is 49.1 Å². The first-order valence-electron chi connectivity index (χ1n) is 11.6. The lowest BCUT2D eigenvalue weighted by Crippen LogP contribution is -2.64. The number of fused-ring (bicyclic) bond motifs is 3. The zero-order valence-electron chi connectivity index (χ0n) is 18.5. The molecule has 0 aromatic heterocycles. The van der Waals surface area contributed by atoms with Crippen molar-refractivity contribution < 1.29 is 24.2 Å². The highest BCUT2D eigenvalue weighted by Gasteiger charge is 2.49. The standard InChI is InChI=1S/C26H28N2O5/c29-23(30)17-7-5-14-28(15-17)24(31)26(12-6-13-26)27-25(32)33-16-22-20-10-3-1-8-18(20)19-9-2-4-11-21(19)22/h1-4,8-11,17,22H,5-7,12-16H2,(H,27,32)(H,29,30). The lowest BCUT2D eigenvalue weighted by atomic mass is 9.75. The van der Waals surface area contributed by atoms with Gasteiger partial charge in [-0.25, -0.2) is 4.79 Å². The molecule has 7 nitrogen and oxygen atoms in total. The van der Waals surface area contributed by atoms with Crippen molar-refractivity contribution in [3.05, 3.63) is 59.7 Å². The highest BCUT2D eigenvalue weighted by Crippen LogP contribution is 2.44. The van der Waals surface area contributed by atoms with Crippen molar-refractivity contribution >= 4 is 18.0 Å². The number of carbonyl (C=O) groups excluding carboxylic acids is 2. The van der Waals surface area contributed by atoms with Gasteiger partial charge in [-0.3, -0.25) is 9.59 Å². The van der Waals surface area contributed by atoms with Gasteiger partial charge >= 0.3 is 12.1 Å². The zero-order chi connectivity index (χ0) is 23.0. The lowest BCUT2D eigenvalue weighted by molar-refractivity contribution is -0.149. The third kappa shape index (κ3) is 3.86. The number of alkyl carbamates (subject to hydrolysis) is 1. The second kappa shape index (κ2) is 8.54. The minimum atomic E-state index is -0.983. The summed E-state index contributed by atoms with van der Waals surface area (Å²) >= 11 is 0. The van der Waals surface area contributed by atoms with Crippen molar-refractivity contribution in [2.75, 3.05) is 19.7 Å². The Hall–Kier alpha value is -3.35. The normalized spacial score (nSPS) is 20.8. The predicted octanol–water partition coefficient (Wildman–Crippen LogP) is 3.77. The predicted molar refractivity (Wildman–Crippen MR) is 122 cm³/mol. The van der Waals surface area contributed by atoms with Crippen LogP contribution in [0.25, 0.3) is 11.1 Å². The summed E-state index contributed by atoms with van der Waals surface area (Å²) < 4.78 is 5.65. The number of benzene rings is 2. The molecule has 1 saturated carbocycles. The molecule has 1 unspecified atom stereocenters. The van der Waals surface area contributed by atoms with Crippen LogP contribution >= 0.6 is 0 Å². The summed E-state index contributed by atoms with van der Waals surface area (Å²) in [6, 6.07) is 16.3. The maximum atomic E-state index is 13.3. The topological polar surface area (TPSA) is 95.9 Å². The second-order valence-electron chi connectivity index (χ2n) is 9.31. The van der Waals surface area contributed by atoms with E-state index in [1.165, 1.54) is 0 Å². The molecular formula is C26H28N2O5. The van der Waals surface area contributed by atoms with Crippen molar-refractivity contribution in [1.29, 1.82) is 0 Å². The van der Waals surface area contributed by atoms with Crippen molar-refractivity contribution in [3.8, 4) is 11.1 Å². The average molecular weight is 449 g/mol. The minimum Gasteiger partial charge on any atom is -0.481 e. The molecular weight excluding hydrogens is 420 g/mol. The number of aliphatic carboxylic acids is 1. The minimum absolute atomic E-state index is 0.0467. The number of carbonyl (C=O) groups is 3. The molecule has 33 heavy (non-hydrogen) atoms. The molecule has 2 fully saturated rings. The average Bonchev–Trinajstić information content (AvgIpc) is 3.13. The molecule has 7 heteroatoms. The number of carboxylic acid groups (broad SMARTS) is 1. The number of nitrogens with zero attached hydrogens (tertiary/aromatic N) is 1. The van der Waals surface area contributed by atoms with Gasteiger partial charge in [0.05, 0.1) is 5.92 Å². The molecule has 2 aliphatic carbocycles. The maximum Gasteiger partial charge on any atom is 0.408 e. The highest BCUT2D eigenvalue weighted by atomic mass is 16.5. The highest BCUT2D eigenvalue weighted by molar-refractivity contribution is 5.91. The van der Waals surface area contributed by atoms with Gasteiger partial charge in [0, 0.05) is 19.0 Å². The first-order valence-corrected chi connectivity index (χ1v) is 11.6. The van der Waals surface area contributed by atoms with Crippen molar-refractivity contribution in [3.63, 3.8) is 0 Å². The van der Waals surface area contributed by atoms with Gasteiger partial charge in [0.1, 0.15) is 12.1 Å². The third-order valence-electron chi connectivity index (χ3n) is 7.36. The Morgan fingerprint density at radius 2 is 1.64 bits per heavy atom. The summed E-state index contributed by atoms with van der Waals surface area (Å²) in [5, 5.41) is 12.2. The summed E-state index contributed by atoms with van der Waals surface area (Å²) in [5.41, 5.74) is 3.60. The van der Waals surface area contributed by atoms with E-state index in [4.69, 9.17) is 4.74 Å². The fourth-order valence-corrected chi connectivity index (χ4v) is 5.42. The fourth-order valence-electron chi connectivity index (χ4n) is 5.42. The van der Waals surface area contributed by atoms with Crippen LogP contribution in [0, 0.1) is 5.92 Å². The SMILES string of the molecule is O=C(NC1(C(=O)N2CCCC(C(=O)O)C2)CCC1)OCC1c2ccccc2-c2ccccc21. The van der Waals surface area contributed by atoms with Crippen molar-refractivity contribution in [2.24, 2.45) is 5.92 Å². The molecule has 1 saturated heterocycles. The third-order valence-corrected chi connectivity index (χ3v) is 7.36. The van der Waals surface area contributed by atoms with Gasteiger partial charge < -0.3 is 20.1 Å². The summed E-state index contributed by atoms with van der Waals surface area (Å²) in [7, 11) is 0. The quantitative estimate of drug-likeness (QED) is 0.726. The second-order valence-corrected chi connectivity index (χ2v) is 9.31. The van der Waals surface area contributed by atoms with Crippen LogP contribution in [0.3, 0.4) is 0 Å². The molecule has 2 aromatic carbocycles. The van der Waals surface area contributed by atoms with E-state index in [1.54, 1.807) is 4.90 Å². The largest absolute Gasteiger partial charge is 0.481 e. The molecule has 2 amide bonds. The number of hydrogen-bond donors (Lipinski definition) is 2. The Balaban J connectivity index is 1.25. The Kier molecular flexibility index (Phi) is 5.56. The van der Waals surface area contributed by atoms with Crippen LogP contribution < -0.4 is 5.32 Å². The number of carboxylic acids is 1. The Labute approximate surface area is 192 Å². The van der Waals surface area contributed by atoms with E-state index >= 15 is 0 Å². The molecule has 2 N–H and O–H groups in total. The molecule has 3 aliphatic rings. The van der Waals surface area contributed by atoms with Gasteiger partial charge in [-0.15, -0.1) is 0 Å². The number of ether oxygens (including phenoxy) is 1. The molecule has 2 aromatic rings. The first-order chi connectivity index (χ1) is 16.0. The van der Waals surface area contributed by atoms with Crippen LogP contribution in [-0.2, 0) is 14.3 Å². The van der Waals surface area contributed by atoms with E-state index in [1.807, 2.05) is 24.3 Å². The smallest absolute Gasteiger partial charge is 0.408 e. The monoisotopic (exact) mass is 448 g/mol. The fraction of sp³-hybridized carbons (Fsp3) is 0.423. The van der Waals surface area contributed by atoms with E-state index in [9.17, 15) is 19.5 Å². The van der Waals surface area contributed by atoms with Crippen LogP contribution in [-0.4, -0.2) is 53.2 Å². The van der Waals surface area contributed by atoms with Crippen LogP contribution in [0.15, 0.2) is 48.5 Å². The Morgan fingerprint density at radius 1 is 1.00 bits per heavy atom. The summed E-state index contributed by atoms with van der Waals surface area (Å²) in [5.74, 6) is -1.66. The van der Waals surface area contributed by atoms with Gasteiger partial charge in [0.2, 0.25) is 5.91 Å². The van der Waals surface area contributed by atoms with E-state index in [-0.39, 0.29) is 25.0 Å². The number of piperidine rings is 1. The molecule has 1 aliphatic heterocycles. The van der Waals surface area contributed by atoms with Gasteiger partial charge in [-0.1, -0.05) is 48.5 Å². The van der Waals surface area contributed by atoms with Crippen molar-refractivity contribution in [2.45, 2.75) is 43.6 Å². The zero-order valence-corrected chi connectivity index (χ0v) is 18.5. The molecule has 5 rings (SSSR count). The van der Waals surface area contributed by atoms with Crippen LogP contribution in [0.4, 0.5) is 4.79 Å². The molecule has 0 bridgehead atoms. The molecule has 172 valence electrons. The molecule has 0 radical (unpaired) electrons. The summed E-state index contributed by atoms with van der Waals surface area (Å²) in [4.78, 5) is 39.0. The number of likely N-dealkylation sites (tertiary alicyclic amines) is 1. The summed E-state index contributed by atoms with van der Waals surface area (Å²) in [6.07, 6.45) is 2.56. The van der Waals surface area contributed by atoms with Gasteiger partial charge in [0.15, 0.2) is 0 Å². The van der Waals surface area contributed by atoms with Gasteiger partial charge in [-0.05, 0) is 54.4 Å². The number of rotatable bonds is 5. The van der Waals surface area contributed by atoms with E-state index in [0.717, 1.165) is 28.7 Å². The number of amides is 2. The van der Waals surface area contributed by atoms with Crippen LogP contribution in [0.5, 0.6) is 0 Å². The molecule has 1 heterocycles. The molecule has 1 atom stereocenters. The Morgan fingerprint density at radius 3 is 2.21 bits per heavy atom. The van der Waals surface area contributed by atoms with E-state index in [2.05, 4.69) is 29.6 Å². The maximum absolute atomic E-state index is 13.3. The van der Waals surface area contributed by atoms with E-state index in [0.29, 0.717) is 32.2 Å². The number of nitrogens with one attached hydrogen (secondary N) is 1. The van der Waals surface area contributed by atoms with Crippen LogP contribution in [0.2, 0.25) is 0 Å². The van der Waals surface area contributed by atoms with Gasteiger partial charge in [-0.2, -0.15) is 0 Å². The lowest BCUT2D eigenvalue weighted by Gasteiger charge is -2.45. The first kappa shape index (κ1) is 21.5. The van der Waals surface area contributed by atoms with E-state index < -0.39 is 23.5 Å². The number of hydrogen-bond acceptors (Lipinski definition) is 4. The summed E-state index contributed by atoms with van der Waals surface area (Å²) in [6.45, 7) is 0.911.